The first-order valence-electron chi connectivity index (χ1n) is 5.94. The highest BCUT2D eigenvalue weighted by Crippen LogP contribution is 2.17. The van der Waals surface area contributed by atoms with Gasteiger partial charge < -0.3 is 14.7 Å². The van der Waals surface area contributed by atoms with Crippen LogP contribution in [0.2, 0.25) is 0 Å². The van der Waals surface area contributed by atoms with Crippen molar-refractivity contribution in [2.45, 2.75) is 25.0 Å². The number of ether oxygens (including phenoxy) is 1. The smallest absolute Gasteiger partial charge is 0.334 e. The summed E-state index contributed by atoms with van der Waals surface area (Å²) in [6.45, 7) is 4.14. The van der Waals surface area contributed by atoms with Gasteiger partial charge in [0, 0.05) is 25.7 Å². The summed E-state index contributed by atoms with van der Waals surface area (Å²) in [5.74, 6) is -0.839. The van der Waals surface area contributed by atoms with Crippen LogP contribution in [0.15, 0.2) is 0 Å². The number of carboxylic acid groups (broad SMARTS) is 1. The Morgan fingerprint density at radius 2 is 2.19 bits per heavy atom. The molecule has 5 nitrogen and oxygen atoms in total. The molecule has 0 aromatic carbocycles. The number of nitrogens with zero attached hydrogens (tertiary/aromatic N) is 2. The largest absolute Gasteiger partial charge is 0.479 e. The molecule has 0 amide bonds. The van der Waals surface area contributed by atoms with Gasteiger partial charge in [0.25, 0.3) is 0 Å². The molecule has 92 valence electrons. The zero-order valence-corrected chi connectivity index (χ0v) is 9.76. The van der Waals surface area contributed by atoms with Crippen molar-refractivity contribution in [3.63, 3.8) is 0 Å². The van der Waals surface area contributed by atoms with Gasteiger partial charge in [-0.3, -0.25) is 4.90 Å². The van der Waals surface area contributed by atoms with Gasteiger partial charge in [-0.15, -0.1) is 0 Å². The normalized spacial score (nSPS) is 33.8. The van der Waals surface area contributed by atoms with E-state index in [1.807, 2.05) is 0 Å². The first-order valence-corrected chi connectivity index (χ1v) is 5.94. The molecule has 0 radical (unpaired) electrons. The van der Waals surface area contributed by atoms with Crippen LogP contribution >= 0.6 is 0 Å². The average molecular weight is 228 g/mol. The van der Waals surface area contributed by atoms with Crippen LogP contribution in [0.1, 0.15) is 12.8 Å². The summed E-state index contributed by atoms with van der Waals surface area (Å²) in [7, 11) is 2.13. The van der Waals surface area contributed by atoms with E-state index in [0.717, 1.165) is 19.6 Å². The predicted octanol–water partition coefficient (Wildman–Crippen LogP) is -0.134. The third kappa shape index (κ3) is 2.72. The van der Waals surface area contributed by atoms with Gasteiger partial charge in [-0.05, 0) is 26.4 Å². The number of rotatable bonds is 2. The van der Waals surface area contributed by atoms with E-state index in [0.29, 0.717) is 19.2 Å². The third-order valence-electron chi connectivity index (χ3n) is 3.49. The van der Waals surface area contributed by atoms with E-state index in [1.165, 1.54) is 12.8 Å². The van der Waals surface area contributed by atoms with Crippen molar-refractivity contribution >= 4 is 5.97 Å². The molecule has 2 saturated heterocycles. The van der Waals surface area contributed by atoms with Gasteiger partial charge in [0.2, 0.25) is 0 Å². The Hall–Kier alpha value is -0.650. The highest BCUT2D eigenvalue weighted by Gasteiger charge is 2.31. The van der Waals surface area contributed by atoms with Crippen LogP contribution in [0, 0.1) is 0 Å². The van der Waals surface area contributed by atoms with E-state index >= 15 is 0 Å². The fraction of sp³-hybridized carbons (Fsp3) is 0.909. The Bertz CT molecular complexity index is 260. The molecule has 2 fully saturated rings. The fourth-order valence-corrected chi connectivity index (χ4v) is 2.59. The van der Waals surface area contributed by atoms with Crippen LogP contribution in [0.3, 0.4) is 0 Å². The van der Waals surface area contributed by atoms with Gasteiger partial charge in [0.05, 0.1) is 6.61 Å². The maximum Gasteiger partial charge on any atom is 0.334 e. The topological polar surface area (TPSA) is 53.0 Å². The van der Waals surface area contributed by atoms with E-state index in [-0.39, 0.29) is 0 Å². The maximum absolute atomic E-state index is 10.9. The Morgan fingerprint density at radius 1 is 1.38 bits per heavy atom. The van der Waals surface area contributed by atoms with Gasteiger partial charge in [-0.2, -0.15) is 0 Å². The molecule has 0 aromatic heterocycles. The second kappa shape index (κ2) is 5.12. The zero-order valence-electron chi connectivity index (χ0n) is 9.76. The minimum atomic E-state index is -0.839. The summed E-state index contributed by atoms with van der Waals surface area (Å²) in [5, 5.41) is 8.94. The van der Waals surface area contributed by atoms with Crippen LogP contribution in [0.4, 0.5) is 0 Å². The molecule has 0 aromatic rings. The lowest BCUT2D eigenvalue weighted by Crippen LogP contribution is -2.54. The summed E-state index contributed by atoms with van der Waals surface area (Å²) in [4.78, 5) is 15.5. The monoisotopic (exact) mass is 228 g/mol. The van der Waals surface area contributed by atoms with Crippen molar-refractivity contribution in [3.8, 4) is 0 Å². The molecule has 2 aliphatic rings. The lowest BCUT2D eigenvalue weighted by Gasteiger charge is -2.41. The summed E-state index contributed by atoms with van der Waals surface area (Å²) in [6.07, 6.45) is 1.74. The molecule has 5 heteroatoms. The minimum absolute atomic E-state index is 0.504. The van der Waals surface area contributed by atoms with Crippen molar-refractivity contribution in [2.24, 2.45) is 0 Å². The molecular formula is C11H20N2O3. The highest BCUT2D eigenvalue weighted by atomic mass is 16.5. The second-order valence-corrected chi connectivity index (χ2v) is 4.75. The summed E-state index contributed by atoms with van der Waals surface area (Å²) in [5.41, 5.74) is 0. The first-order chi connectivity index (χ1) is 7.66. The quantitative estimate of drug-likeness (QED) is 0.713. The van der Waals surface area contributed by atoms with Gasteiger partial charge in [0.1, 0.15) is 0 Å². The fourth-order valence-electron chi connectivity index (χ4n) is 2.59. The van der Waals surface area contributed by atoms with Crippen molar-refractivity contribution in [2.75, 3.05) is 39.8 Å². The number of hydrogen-bond donors (Lipinski definition) is 1. The molecule has 0 bridgehead atoms. The second-order valence-electron chi connectivity index (χ2n) is 4.75. The standard InChI is InChI=1S/C11H20N2O3/c1-12-4-2-3-9(7-12)13-5-6-16-10(8-13)11(14)15/h9-10H,2-8H2,1H3,(H,14,15). The molecule has 16 heavy (non-hydrogen) atoms. The number of likely N-dealkylation sites (tertiary alicyclic amines) is 1. The summed E-state index contributed by atoms with van der Waals surface area (Å²) in [6, 6.07) is 0.504. The van der Waals surface area contributed by atoms with Crippen LogP contribution < -0.4 is 0 Å². The Morgan fingerprint density at radius 3 is 2.88 bits per heavy atom. The van der Waals surface area contributed by atoms with Gasteiger partial charge in [-0.1, -0.05) is 0 Å². The van der Waals surface area contributed by atoms with Gasteiger partial charge >= 0.3 is 5.97 Å². The Labute approximate surface area is 96.0 Å². The van der Waals surface area contributed by atoms with Crippen molar-refractivity contribution < 1.29 is 14.6 Å². The van der Waals surface area contributed by atoms with Gasteiger partial charge in [-0.25, -0.2) is 4.79 Å². The lowest BCUT2D eigenvalue weighted by molar-refractivity contribution is -0.157. The van der Waals surface area contributed by atoms with Crippen LogP contribution in [0.5, 0.6) is 0 Å². The van der Waals surface area contributed by atoms with Crippen molar-refractivity contribution in [1.82, 2.24) is 9.80 Å². The molecule has 0 aliphatic carbocycles. The van der Waals surface area contributed by atoms with Crippen molar-refractivity contribution in [3.05, 3.63) is 0 Å². The molecule has 2 aliphatic heterocycles. The molecule has 2 atom stereocenters. The number of morpholine rings is 1. The lowest BCUT2D eigenvalue weighted by atomic mass is 10.0. The van der Waals surface area contributed by atoms with Crippen molar-refractivity contribution in [1.29, 1.82) is 0 Å². The number of piperidine rings is 1. The third-order valence-corrected chi connectivity index (χ3v) is 3.49. The number of hydrogen-bond acceptors (Lipinski definition) is 4. The highest BCUT2D eigenvalue weighted by molar-refractivity contribution is 5.72. The van der Waals surface area contributed by atoms with E-state index in [1.54, 1.807) is 0 Å². The maximum atomic E-state index is 10.9. The zero-order chi connectivity index (χ0) is 11.5. The number of carbonyl (C=O) groups is 1. The van der Waals surface area contributed by atoms with E-state index in [4.69, 9.17) is 9.84 Å². The molecule has 1 N–H and O–H groups in total. The molecule has 0 saturated carbocycles. The molecule has 2 unspecified atom stereocenters. The Balaban J connectivity index is 1.90. The van der Waals surface area contributed by atoms with E-state index in [9.17, 15) is 4.79 Å². The SMILES string of the molecule is CN1CCCC(N2CCOC(C(=O)O)C2)C1. The van der Waals surface area contributed by atoms with E-state index < -0.39 is 12.1 Å². The molecular weight excluding hydrogens is 208 g/mol. The first kappa shape index (κ1) is 11.8. The molecule has 2 heterocycles. The molecule has 0 spiro atoms. The Kier molecular flexibility index (Phi) is 3.78. The van der Waals surface area contributed by atoms with Crippen LogP contribution in [0.25, 0.3) is 0 Å². The number of aliphatic carboxylic acids is 1. The van der Waals surface area contributed by atoms with Gasteiger partial charge in [0.15, 0.2) is 6.10 Å². The molecule has 2 rings (SSSR count). The van der Waals surface area contributed by atoms with Crippen LogP contribution in [-0.4, -0.2) is 72.9 Å². The summed E-state index contributed by atoms with van der Waals surface area (Å²) < 4.78 is 5.23. The van der Waals surface area contributed by atoms with Crippen LogP contribution in [-0.2, 0) is 9.53 Å². The minimum Gasteiger partial charge on any atom is -0.479 e. The average Bonchev–Trinajstić information content (AvgIpc) is 2.29. The summed E-state index contributed by atoms with van der Waals surface area (Å²) >= 11 is 0. The predicted molar refractivity (Wildman–Crippen MR) is 59.5 cm³/mol. The van der Waals surface area contributed by atoms with E-state index in [2.05, 4.69) is 16.8 Å². The number of likely N-dealkylation sites (N-methyl/N-ethyl adjacent to an activating group) is 1. The number of carboxylic acids is 1.